The lowest BCUT2D eigenvalue weighted by Crippen LogP contribution is -2.04. The van der Waals surface area contributed by atoms with Crippen LogP contribution in [0.4, 0.5) is 0 Å². The summed E-state index contributed by atoms with van der Waals surface area (Å²) < 4.78 is 7.28. The summed E-state index contributed by atoms with van der Waals surface area (Å²) in [6, 6.07) is 13.6. The number of imidazole rings is 1. The maximum atomic E-state index is 10.7. The van der Waals surface area contributed by atoms with Gasteiger partial charge in [-0.2, -0.15) is 0 Å². The highest BCUT2D eigenvalue weighted by Crippen LogP contribution is 2.31. The summed E-state index contributed by atoms with van der Waals surface area (Å²) in [5.74, 6) is 0.686. The first-order valence-corrected chi connectivity index (χ1v) is 7.10. The van der Waals surface area contributed by atoms with Gasteiger partial charge in [-0.15, -0.1) is 0 Å². The molecule has 3 aromatic rings. The molecule has 4 nitrogen and oxygen atoms in total. The van der Waals surface area contributed by atoms with Crippen molar-refractivity contribution in [1.82, 2.24) is 9.55 Å². The highest BCUT2D eigenvalue weighted by Gasteiger charge is 2.16. The number of hydrogen-bond donors (Lipinski definition) is 1. The molecule has 2 aromatic carbocycles. The van der Waals surface area contributed by atoms with E-state index in [-0.39, 0.29) is 0 Å². The first-order chi connectivity index (χ1) is 10.7. The normalized spacial score (nSPS) is 12.1. The molecule has 3 rings (SSSR count). The van der Waals surface area contributed by atoms with Crippen molar-refractivity contribution in [3.63, 3.8) is 0 Å². The second-order valence-corrected chi connectivity index (χ2v) is 5.21. The van der Waals surface area contributed by atoms with Gasteiger partial charge < -0.3 is 14.4 Å². The summed E-state index contributed by atoms with van der Waals surface area (Å²) in [7, 11) is 1.61. The van der Waals surface area contributed by atoms with Gasteiger partial charge in [-0.05, 0) is 36.8 Å². The number of rotatable bonds is 4. The van der Waals surface area contributed by atoms with Crippen LogP contribution in [0.1, 0.15) is 22.8 Å². The van der Waals surface area contributed by atoms with Crippen molar-refractivity contribution >= 4 is 0 Å². The lowest BCUT2D eigenvalue weighted by Gasteiger charge is -2.17. The molecule has 1 unspecified atom stereocenters. The summed E-state index contributed by atoms with van der Waals surface area (Å²) >= 11 is 0. The zero-order valence-electron chi connectivity index (χ0n) is 12.6. The van der Waals surface area contributed by atoms with Crippen molar-refractivity contribution in [2.24, 2.45) is 0 Å². The molecule has 0 saturated carbocycles. The molecule has 0 fully saturated rings. The van der Waals surface area contributed by atoms with E-state index in [0.29, 0.717) is 5.75 Å². The van der Waals surface area contributed by atoms with E-state index in [1.165, 1.54) is 0 Å². The second kappa shape index (κ2) is 6.03. The van der Waals surface area contributed by atoms with Gasteiger partial charge in [0, 0.05) is 23.6 Å². The second-order valence-electron chi connectivity index (χ2n) is 5.21. The zero-order chi connectivity index (χ0) is 15.5. The maximum absolute atomic E-state index is 10.7. The fourth-order valence-electron chi connectivity index (χ4n) is 2.51. The van der Waals surface area contributed by atoms with Gasteiger partial charge in [-0.25, -0.2) is 4.98 Å². The molecular weight excluding hydrogens is 276 g/mol. The van der Waals surface area contributed by atoms with Crippen LogP contribution in [-0.2, 0) is 0 Å². The summed E-state index contributed by atoms with van der Waals surface area (Å²) in [6.45, 7) is 2.00. The molecule has 1 heterocycles. The number of aromatic nitrogens is 2. The van der Waals surface area contributed by atoms with Crippen molar-refractivity contribution in [2.45, 2.75) is 13.0 Å². The predicted molar refractivity (Wildman–Crippen MR) is 85.4 cm³/mol. The van der Waals surface area contributed by atoms with Gasteiger partial charge in [-0.1, -0.05) is 23.8 Å². The molecule has 1 N–H and O–H groups in total. The molecule has 22 heavy (non-hydrogen) atoms. The van der Waals surface area contributed by atoms with Gasteiger partial charge in [-0.3, -0.25) is 0 Å². The molecule has 0 spiro atoms. The van der Waals surface area contributed by atoms with Crippen molar-refractivity contribution in [3.05, 3.63) is 77.9 Å². The average Bonchev–Trinajstić information content (AvgIpc) is 3.09. The molecule has 1 aromatic heterocycles. The molecule has 0 bridgehead atoms. The Morgan fingerprint density at radius 2 is 2.05 bits per heavy atom. The van der Waals surface area contributed by atoms with Crippen molar-refractivity contribution in [2.75, 3.05) is 7.11 Å². The molecule has 0 saturated heterocycles. The Hall–Kier alpha value is -2.59. The molecule has 0 aliphatic rings. The smallest absolute Gasteiger partial charge is 0.125 e. The lowest BCUT2D eigenvalue weighted by atomic mass is 9.98. The van der Waals surface area contributed by atoms with Crippen molar-refractivity contribution < 1.29 is 9.84 Å². The van der Waals surface area contributed by atoms with Gasteiger partial charge in [0.2, 0.25) is 0 Å². The number of aliphatic hydroxyl groups excluding tert-OH is 1. The van der Waals surface area contributed by atoms with E-state index in [2.05, 4.69) is 4.98 Å². The van der Waals surface area contributed by atoms with Crippen LogP contribution in [0.2, 0.25) is 0 Å². The van der Waals surface area contributed by atoms with E-state index in [0.717, 1.165) is 22.4 Å². The maximum Gasteiger partial charge on any atom is 0.125 e. The third-order valence-electron chi connectivity index (χ3n) is 3.67. The highest BCUT2D eigenvalue weighted by molar-refractivity contribution is 5.45. The standard InChI is InChI=1S/C18H18N2O2/c1-13-6-7-17(22-2)16(10-13)18(21)14-4-3-5-15(11-14)20-9-8-19-12-20/h3-12,18,21H,1-2H3. The highest BCUT2D eigenvalue weighted by atomic mass is 16.5. The van der Waals surface area contributed by atoms with Crippen LogP contribution in [0.5, 0.6) is 5.75 Å². The molecular formula is C18H18N2O2. The summed E-state index contributed by atoms with van der Waals surface area (Å²) in [5.41, 5.74) is 3.63. The number of benzene rings is 2. The third kappa shape index (κ3) is 2.73. The Labute approximate surface area is 129 Å². The minimum absolute atomic E-state index is 0.686. The topological polar surface area (TPSA) is 47.3 Å². The predicted octanol–water partition coefficient (Wildman–Crippen LogP) is 3.27. The zero-order valence-corrected chi connectivity index (χ0v) is 12.6. The van der Waals surface area contributed by atoms with Crippen LogP contribution < -0.4 is 4.74 Å². The summed E-state index contributed by atoms with van der Waals surface area (Å²) in [4.78, 5) is 4.05. The first kappa shape index (κ1) is 14.4. The number of aryl methyl sites for hydroxylation is 1. The van der Waals surface area contributed by atoms with E-state index in [4.69, 9.17) is 4.74 Å². The molecule has 0 aliphatic heterocycles. The van der Waals surface area contributed by atoms with Crippen LogP contribution in [0.15, 0.2) is 61.2 Å². The van der Waals surface area contributed by atoms with Crippen LogP contribution in [0.3, 0.4) is 0 Å². The molecule has 112 valence electrons. The number of methoxy groups -OCH3 is 1. The Bertz CT molecular complexity index is 767. The van der Waals surface area contributed by atoms with E-state index in [9.17, 15) is 5.11 Å². The van der Waals surface area contributed by atoms with Gasteiger partial charge >= 0.3 is 0 Å². The SMILES string of the molecule is COc1ccc(C)cc1C(O)c1cccc(-n2ccnc2)c1. The largest absolute Gasteiger partial charge is 0.496 e. The van der Waals surface area contributed by atoms with Crippen LogP contribution in [-0.4, -0.2) is 21.8 Å². The Balaban J connectivity index is 2.01. The number of hydrogen-bond acceptors (Lipinski definition) is 3. The van der Waals surface area contributed by atoms with E-state index in [1.54, 1.807) is 19.6 Å². The third-order valence-corrected chi connectivity index (χ3v) is 3.67. The van der Waals surface area contributed by atoms with E-state index < -0.39 is 6.10 Å². The Morgan fingerprint density at radius 1 is 1.18 bits per heavy atom. The molecule has 0 aliphatic carbocycles. The summed E-state index contributed by atoms with van der Waals surface area (Å²) in [5, 5.41) is 10.7. The van der Waals surface area contributed by atoms with Gasteiger partial charge in [0.1, 0.15) is 11.9 Å². The number of aliphatic hydroxyl groups is 1. The van der Waals surface area contributed by atoms with Gasteiger partial charge in [0.05, 0.1) is 13.4 Å². The Kier molecular flexibility index (Phi) is 3.94. The first-order valence-electron chi connectivity index (χ1n) is 7.10. The molecule has 1 atom stereocenters. The van der Waals surface area contributed by atoms with Gasteiger partial charge in [0.25, 0.3) is 0 Å². The van der Waals surface area contributed by atoms with Crippen molar-refractivity contribution in [3.8, 4) is 11.4 Å². The minimum Gasteiger partial charge on any atom is -0.496 e. The van der Waals surface area contributed by atoms with E-state index in [1.807, 2.05) is 60.2 Å². The Morgan fingerprint density at radius 3 is 2.77 bits per heavy atom. The van der Waals surface area contributed by atoms with Crippen LogP contribution >= 0.6 is 0 Å². The van der Waals surface area contributed by atoms with Crippen molar-refractivity contribution in [1.29, 1.82) is 0 Å². The van der Waals surface area contributed by atoms with E-state index >= 15 is 0 Å². The number of ether oxygens (including phenoxy) is 1. The lowest BCUT2D eigenvalue weighted by molar-refractivity contribution is 0.214. The fraction of sp³-hybridized carbons (Fsp3) is 0.167. The quantitative estimate of drug-likeness (QED) is 0.803. The minimum atomic E-state index is -0.738. The number of nitrogens with zero attached hydrogens (tertiary/aromatic N) is 2. The summed E-state index contributed by atoms with van der Waals surface area (Å²) in [6.07, 6.45) is 4.60. The average molecular weight is 294 g/mol. The molecule has 4 heteroatoms. The van der Waals surface area contributed by atoms with Crippen LogP contribution in [0.25, 0.3) is 5.69 Å². The molecule has 0 radical (unpaired) electrons. The monoisotopic (exact) mass is 294 g/mol. The molecule has 0 amide bonds. The fourth-order valence-corrected chi connectivity index (χ4v) is 2.51. The van der Waals surface area contributed by atoms with Gasteiger partial charge in [0.15, 0.2) is 0 Å². The van der Waals surface area contributed by atoms with Crippen LogP contribution in [0, 0.1) is 6.92 Å².